The van der Waals surface area contributed by atoms with Gasteiger partial charge in [-0.15, -0.1) is 5.10 Å². The van der Waals surface area contributed by atoms with E-state index < -0.39 is 0 Å². The van der Waals surface area contributed by atoms with Gasteiger partial charge in [-0.2, -0.15) is 0 Å². The maximum atomic E-state index is 11.9. The molecule has 2 heterocycles. The minimum absolute atomic E-state index is 0.113. The Morgan fingerprint density at radius 3 is 2.72 bits per heavy atom. The van der Waals surface area contributed by atoms with Crippen molar-refractivity contribution < 1.29 is 4.79 Å². The smallest absolute Gasteiger partial charge is 0.244 e. The fourth-order valence-corrected chi connectivity index (χ4v) is 2.09. The van der Waals surface area contributed by atoms with E-state index in [4.69, 9.17) is 5.73 Å². The number of carbonyl (C=O) groups is 1. The van der Waals surface area contributed by atoms with Crippen LogP contribution in [0.1, 0.15) is 38.4 Å². The predicted octanol–water partition coefficient (Wildman–Crippen LogP) is 0.556. The van der Waals surface area contributed by atoms with E-state index in [0.717, 1.165) is 31.6 Å². The first kappa shape index (κ1) is 13.0. The van der Waals surface area contributed by atoms with Crippen LogP contribution in [-0.2, 0) is 11.3 Å². The number of aromatic nitrogens is 3. The predicted molar refractivity (Wildman–Crippen MR) is 67.6 cm³/mol. The zero-order valence-corrected chi connectivity index (χ0v) is 11.0. The first-order valence-electron chi connectivity index (χ1n) is 6.51. The fourth-order valence-electron chi connectivity index (χ4n) is 2.09. The summed E-state index contributed by atoms with van der Waals surface area (Å²) in [6, 6.07) is -0.124. The topological polar surface area (TPSA) is 77.0 Å². The molecule has 2 N–H and O–H groups in total. The molecule has 6 nitrogen and oxygen atoms in total. The molecule has 1 aromatic rings. The molecule has 100 valence electrons. The van der Waals surface area contributed by atoms with Gasteiger partial charge in [0.15, 0.2) is 0 Å². The second-order valence-corrected chi connectivity index (χ2v) is 5.20. The number of carbonyl (C=O) groups excluding carboxylic acids is 1. The minimum Gasteiger partial charge on any atom is -0.341 e. The fraction of sp³-hybridized carbons (Fsp3) is 0.750. The van der Waals surface area contributed by atoms with Crippen molar-refractivity contribution in [3.8, 4) is 0 Å². The lowest BCUT2D eigenvalue weighted by Crippen LogP contribution is -2.31. The van der Waals surface area contributed by atoms with E-state index in [1.807, 2.05) is 18.7 Å². The molecule has 0 spiro atoms. The van der Waals surface area contributed by atoms with E-state index in [-0.39, 0.29) is 18.5 Å². The molecule has 2 rings (SSSR count). The van der Waals surface area contributed by atoms with Crippen LogP contribution < -0.4 is 5.73 Å². The largest absolute Gasteiger partial charge is 0.341 e. The van der Waals surface area contributed by atoms with Gasteiger partial charge in [-0.1, -0.05) is 19.1 Å². The highest BCUT2D eigenvalue weighted by atomic mass is 16.2. The number of amides is 1. The van der Waals surface area contributed by atoms with E-state index in [1.165, 1.54) is 0 Å². The summed E-state index contributed by atoms with van der Waals surface area (Å²) in [7, 11) is 0. The summed E-state index contributed by atoms with van der Waals surface area (Å²) in [5.41, 5.74) is 6.74. The zero-order valence-electron chi connectivity index (χ0n) is 11.0. The van der Waals surface area contributed by atoms with Gasteiger partial charge in [-0.3, -0.25) is 4.79 Å². The van der Waals surface area contributed by atoms with Gasteiger partial charge in [0.1, 0.15) is 6.54 Å². The van der Waals surface area contributed by atoms with Gasteiger partial charge in [-0.05, 0) is 18.8 Å². The van der Waals surface area contributed by atoms with Crippen molar-refractivity contribution in [3.63, 3.8) is 0 Å². The molecule has 0 aromatic carbocycles. The van der Waals surface area contributed by atoms with Gasteiger partial charge in [-0.25, -0.2) is 4.68 Å². The van der Waals surface area contributed by atoms with E-state index in [0.29, 0.717) is 5.92 Å². The summed E-state index contributed by atoms with van der Waals surface area (Å²) >= 11 is 0. The number of hydrogen-bond donors (Lipinski definition) is 1. The van der Waals surface area contributed by atoms with Crippen molar-refractivity contribution in [2.24, 2.45) is 11.7 Å². The Bertz CT molecular complexity index is 408. The van der Waals surface area contributed by atoms with Crippen LogP contribution in [0.2, 0.25) is 0 Å². The normalized spacial score (nSPS) is 17.4. The number of rotatable bonds is 4. The third-order valence-electron chi connectivity index (χ3n) is 3.37. The lowest BCUT2D eigenvalue weighted by Gasteiger charge is -2.14. The zero-order chi connectivity index (χ0) is 13.1. The molecule has 1 aromatic heterocycles. The molecule has 1 atom stereocenters. The molecule has 0 aliphatic carbocycles. The van der Waals surface area contributed by atoms with Crippen molar-refractivity contribution >= 4 is 5.91 Å². The second kappa shape index (κ2) is 5.48. The number of likely N-dealkylation sites (tertiary alicyclic amines) is 1. The Balaban J connectivity index is 1.95. The molecule has 1 saturated heterocycles. The van der Waals surface area contributed by atoms with Gasteiger partial charge < -0.3 is 10.6 Å². The first-order valence-corrected chi connectivity index (χ1v) is 6.51. The summed E-state index contributed by atoms with van der Waals surface area (Å²) in [5, 5.41) is 8.00. The van der Waals surface area contributed by atoms with E-state index in [2.05, 4.69) is 10.3 Å². The maximum absolute atomic E-state index is 11.9. The molecular weight excluding hydrogens is 230 g/mol. The second-order valence-electron chi connectivity index (χ2n) is 5.20. The van der Waals surface area contributed by atoms with E-state index >= 15 is 0 Å². The Morgan fingerprint density at radius 2 is 2.11 bits per heavy atom. The van der Waals surface area contributed by atoms with Gasteiger partial charge >= 0.3 is 0 Å². The maximum Gasteiger partial charge on any atom is 0.244 e. The Labute approximate surface area is 107 Å². The van der Waals surface area contributed by atoms with Gasteiger partial charge in [0.25, 0.3) is 0 Å². The minimum atomic E-state index is -0.124. The molecule has 1 aliphatic heterocycles. The molecular formula is C12H21N5O. The Morgan fingerprint density at radius 1 is 1.44 bits per heavy atom. The molecule has 1 amide bonds. The van der Waals surface area contributed by atoms with E-state index in [9.17, 15) is 4.79 Å². The lowest BCUT2D eigenvalue weighted by atomic mass is 10.0. The average molecular weight is 251 g/mol. The molecule has 1 aliphatic rings. The quantitative estimate of drug-likeness (QED) is 0.848. The molecule has 0 saturated carbocycles. The first-order chi connectivity index (χ1) is 8.58. The highest BCUT2D eigenvalue weighted by Crippen LogP contribution is 2.15. The van der Waals surface area contributed by atoms with E-state index in [1.54, 1.807) is 10.9 Å². The molecule has 1 fully saturated rings. The van der Waals surface area contributed by atoms with Gasteiger partial charge in [0, 0.05) is 13.1 Å². The molecule has 6 heteroatoms. The number of nitrogens with zero attached hydrogens (tertiary/aromatic N) is 4. The summed E-state index contributed by atoms with van der Waals surface area (Å²) in [6.07, 6.45) is 3.98. The van der Waals surface area contributed by atoms with Crippen LogP contribution >= 0.6 is 0 Å². The van der Waals surface area contributed by atoms with Crippen LogP contribution in [0.4, 0.5) is 0 Å². The molecule has 1 unspecified atom stereocenters. The Kier molecular flexibility index (Phi) is 3.96. The lowest BCUT2D eigenvalue weighted by molar-refractivity contribution is -0.130. The van der Waals surface area contributed by atoms with Gasteiger partial charge in [0.05, 0.1) is 17.9 Å². The van der Waals surface area contributed by atoms with Crippen LogP contribution in [0, 0.1) is 5.92 Å². The third kappa shape index (κ3) is 2.87. The van der Waals surface area contributed by atoms with Gasteiger partial charge in [0.2, 0.25) is 5.91 Å². The van der Waals surface area contributed by atoms with Crippen LogP contribution in [0.5, 0.6) is 0 Å². The highest BCUT2D eigenvalue weighted by Gasteiger charge is 2.20. The van der Waals surface area contributed by atoms with Crippen molar-refractivity contribution in [2.45, 2.75) is 39.3 Å². The summed E-state index contributed by atoms with van der Waals surface area (Å²) in [6.45, 7) is 6.08. The number of nitrogens with two attached hydrogens (primary N) is 1. The third-order valence-corrected chi connectivity index (χ3v) is 3.37. The summed E-state index contributed by atoms with van der Waals surface area (Å²) < 4.78 is 1.58. The summed E-state index contributed by atoms with van der Waals surface area (Å²) in [5.74, 6) is 0.423. The molecule has 0 bridgehead atoms. The highest BCUT2D eigenvalue weighted by molar-refractivity contribution is 5.76. The van der Waals surface area contributed by atoms with Crippen LogP contribution in [0.15, 0.2) is 6.20 Å². The van der Waals surface area contributed by atoms with Crippen LogP contribution in [-0.4, -0.2) is 38.9 Å². The molecule has 18 heavy (non-hydrogen) atoms. The van der Waals surface area contributed by atoms with Crippen molar-refractivity contribution in [3.05, 3.63) is 11.9 Å². The van der Waals surface area contributed by atoms with Crippen molar-refractivity contribution in [1.82, 2.24) is 19.9 Å². The standard InChI is InChI=1S/C12H21N5O/c1-9(2)12(13)10-7-17(15-14-10)8-11(18)16-5-3-4-6-16/h7,9,12H,3-6,8,13H2,1-2H3. The monoisotopic (exact) mass is 251 g/mol. The average Bonchev–Trinajstić information content (AvgIpc) is 2.98. The van der Waals surface area contributed by atoms with Crippen LogP contribution in [0.3, 0.4) is 0 Å². The molecule has 0 radical (unpaired) electrons. The summed E-state index contributed by atoms with van der Waals surface area (Å²) in [4.78, 5) is 13.8. The van der Waals surface area contributed by atoms with Crippen LogP contribution in [0.25, 0.3) is 0 Å². The Hall–Kier alpha value is -1.43. The SMILES string of the molecule is CC(C)C(N)c1cn(CC(=O)N2CCCC2)nn1. The van der Waals surface area contributed by atoms with Crippen molar-refractivity contribution in [2.75, 3.05) is 13.1 Å². The van der Waals surface area contributed by atoms with Crippen molar-refractivity contribution in [1.29, 1.82) is 0 Å². The number of hydrogen-bond acceptors (Lipinski definition) is 4.